The number of alkyl halides is 3. The van der Waals surface area contributed by atoms with Crippen molar-refractivity contribution in [2.75, 3.05) is 0 Å². The highest BCUT2D eigenvalue weighted by Crippen LogP contribution is 2.36. The normalized spacial score (nSPS) is 13.2. The second kappa shape index (κ2) is 5.79. The molecule has 0 heterocycles. The van der Waals surface area contributed by atoms with Crippen LogP contribution in [0.25, 0.3) is 0 Å². The van der Waals surface area contributed by atoms with E-state index in [2.05, 4.69) is 4.99 Å². The summed E-state index contributed by atoms with van der Waals surface area (Å²) in [5.41, 5.74) is 8.37. The first-order valence-corrected chi connectivity index (χ1v) is 5.30. The molecule has 0 saturated heterocycles. The maximum Gasteiger partial charge on any atom is 0.416 e. The summed E-state index contributed by atoms with van der Waals surface area (Å²) in [6.07, 6.45) is -3.81. The molecule has 4 N–H and O–H groups in total. The predicted molar refractivity (Wildman–Crippen MR) is 65.6 cm³/mol. The molecule has 1 aromatic rings. The van der Waals surface area contributed by atoms with Crippen LogP contribution in [0.15, 0.2) is 28.9 Å². The number of rotatable bonds is 2. The fourth-order valence-electron chi connectivity index (χ4n) is 1.19. The minimum atomic E-state index is -4.73. The van der Waals surface area contributed by atoms with E-state index in [9.17, 15) is 17.6 Å². The molecule has 4 nitrogen and oxygen atoms in total. The van der Waals surface area contributed by atoms with Crippen LogP contribution in [-0.2, 0) is 6.18 Å². The van der Waals surface area contributed by atoms with Crippen LogP contribution < -0.4 is 11.5 Å². The number of nitrogens with zero attached hydrogens (tertiary/aromatic N) is 2. The van der Waals surface area contributed by atoms with Crippen LogP contribution in [0.2, 0.25) is 5.02 Å². The summed E-state index contributed by atoms with van der Waals surface area (Å²) in [4.78, 5) is 3.48. The molecule has 9 heteroatoms. The van der Waals surface area contributed by atoms with Crippen molar-refractivity contribution >= 4 is 23.1 Å². The Kier molecular flexibility index (Phi) is 4.57. The molecule has 0 bridgehead atoms. The monoisotopic (exact) mass is 306 g/mol. The van der Waals surface area contributed by atoms with Gasteiger partial charge in [-0.25, -0.2) is 9.38 Å². The van der Waals surface area contributed by atoms with Crippen LogP contribution in [0.4, 0.5) is 23.2 Å². The maximum absolute atomic E-state index is 13.6. The zero-order chi connectivity index (χ0) is 15.5. The van der Waals surface area contributed by atoms with Gasteiger partial charge in [0.2, 0.25) is 0 Å². The number of nitriles is 1. The van der Waals surface area contributed by atoms with Gasteiger partial charge in [0.05, 0.1) is 10.6 Å². The van der Waals surface area contributed by atoms with E-state index in [0.29, 0.717) is 6.07 Å². The number of halogens is 5. The van der Waals surface area contributed by atoms with E-state index in [4.69, 9.17) is 28.3 Å². The van der Waals surface area contributed by atoms with Gasteiger partial charge in [-0.2, -0.15) is 18.4 Å². The quantitative estimate of drug-likeness (QED) is 0.381. The van der Waals surface area contributed by atoms with Gasteiger partial charge >= 0.3 is 6.18 Å². The molecule has 0 aliphatic heterocycles. The molecule has 106 valence electrons. The van der Waals surface area contributed by atoms with Gasteiger partial charge in [0, 0.05) is 6.08 Å². The van der Waals surface area contributed by atoms with Crippen LogP contribution in [0.1, 0.15) is 5.56 Å². The highest BCUT2D eigenvalue weighted by Gasteiger charge is 2.32. The Hall–Kier alpha value is -2.27. The third-order valence-electron chi connectivity index (χ3n) is 2.02. The zero-order valence-corrected chi connectivity index (χ0v) is 10.4. The van der Waals surface area contributed by atoms with Gasteiger partial charge in [0.15, 0.2) is 5.82 Å². The van der Waals surface area contributed by atoms with E-state index in [1.807, 2.05) is 0 Å². The third-order valence-corrected chi connectivity index (χ3v) is 2.31. The fourth-order valence-corrected chi connectivity index (χ4v) is 1.44. The molecule has 0 aliphatic carbocycles. The standard InChI is InChI=1S/C11H7ClF4N4/c12-7-1-5(11(14,15)16)2-8(13)10(7)20-9(19)3-6(18)4-17/h1-3H,18H2,(H2,19,20). The fraction of sp³-hybridized carbons (Fsp3) is 0.0909. The average molecular weight is 307 g/mol. The van der Waals surface area contributed by atoms with Crippen molar-refractivity contribution in [2.45, 2.75) is 6.18 Å². The van der Waals surface area contributed by atoms with Crippen molar-refractivity contribution in [1.29, 1.82) is 5.26 Å². The summed E-state index contributed by atoms with van der Waals surface area (Å²) < 4.78 is 50.8. The van der Waals surface area contributed by atoms with Crippen molar-refractivity contribution in [3.63, 3.8) is 0 Å². The lowest BCUT2D eigenvalue weighted by Gasteiger charge is -2.09. The summed E-state index contributed by atoms with van der Waals surface area (Å²) in [6.45, 7) is 0. The Bertz CT molecular complexity index is 605. The Balaban J connectivity index is 3.30. The Morgan fingerprint density at radius 2 is 1.95 bits per heavy atom. The predicted octanol–water partition coefficient (Wildman–Crippen LogP) is 2.85. The minimum absolute atomic E-state index is 0.245. The Morgan fingerprint density at radius 3 is 2.40 bits per heavy atom. The van der Waals surface area contributed by atoms with Gasteiger partial charge in [0.25, 0.3) is 0 Å². The Morgan fingerprint density at radius 1 is 1.35 bits per heavy atom. The molecular formula is C11H7ClF4N4. The van der Waals surface area contributed by atoms with E-state index in [0.717, 1.165) is 6.08 Å². The molecule has 0 amide bonds. The molecular weight excluding hydrogens is 300 g/mol. The highest BCUT2D eigenvalue weighted by atomic mass is 35.5. The minimum Gasteiger partial charge on any atom is -0.390 e. The summed E-state index contributed by atoms with van der Waals surface area (Å²) in [6, 6.07) is 2.31. The molecule has 0 aromatic heterocycles. The molecule has 0 fully saturated rings. The Labute approximate surface area is 115 Å². The van der Waals surface area contributed by atoms with Gasteiger partial charge < -0.3 is 11.5 Å². The summed E-state index contributed by atoms with van der Waals surface area (Å²) in [5, 5.41) is 7.84. The van der Waals surface area contributed by atoms with E-state index < -0.39 is 28.3 Å². The van der Waals surface area contributed by atoms with Crippen molar-refractivity contribution in [3.8, 4) is 6.07 Å². The maximum atomic E-state index is 13.6. The van der Waals surface area contributed by atoms with E-state index in [-0.39, 0.29) is 17.6 Å². The number of nitrogens with two attached hydrogens (primary N) is 2. The van der Waals surface area contributed by atoms with E-state index in [1.165, 1.54) is 0 Å². The lowest BCUT2D eigenvalue weighted by atomic mass is 10.2. The lowest BCUT2D eigenvalue weighted by molar-refractivity contribution is -0.137. The first-order chi connectivity index (χ1) is 9.15. The second-order valence-electron chi connectivity index (χ2n) is 3.53. The van der Waals surface area contributed by atoms with E-state index >= 15 is 0 Å². The van der Waals surface area contributed by atoms with Crippen molar-refractivity contribution in [3.05, 3.63) is 40.3 Å². The summed E-state index contributed by atoms with van der Waals surface area (Å²) >= 11 is 5.54. The summed E-state index contributed by atoms with van der Waals surface area (Å²) in [5.74, 6) is -1.67. The van der Waals surface area contributed by atoms with Crippen LogP contribution in [0, 0.1) is 17.1 Å². The molecule has 1 rings (SSSR count). The average Bonchev–Trinajstić information content (AvgIpc) is 2.32. The highest BCUT2D eigenvalue weighted by molar-refractivity contribution is 6.33. The number of aliphatic imine (C=N–C) groups is 1. The molecule has 20 heavy (non-hydrogen) atoms. The number of hydrogen-bond acceptors (Lipinski definition) is 3. The molecule has 0 saturated carbocycles. The van der Waals surface area contributed by atoms with Crippen LogP contribution in [0.5, 0.6) is 0 Å². The molecule has 0 unspecified atom stereocenters. The number of amidine groups is 1. The first kappa shape index (κ1) is 15.8. The smallest absolute Gasteiger partial charge is 0.390 e. The topological polar surface area (TPSA) is 88.2 Å². The molecule has 0 radical (unpaired) electrons. The van der Waals surface area contributed by atoms with E-state index in [1.54, 1.807) is 6.07 Å². The van der Waals surface area contributed by atoms with Gasteiger partial charge in [-0.05, 0) is 12.1 Å². The van der Waals surface area contributed by atoms with Gasteiger partial charge in [-0.15, -0.1) is 0 Å². The number of allylic oxidation sites excluding steroid dienone is 1. The summed E-state index contributed by atoms with van der Waals surface area (Å²) in [7, 11) is 0. The largest absolute Gasteiger partial charge is 0.416 e. The van der Waals surface area contributed by atoms with Gasteiger partial charge in [-0.3, -0.25) is 0 Å². The van der Waals surface area contributed by atoms with Crippen molar-refractivity contribution < 1.29 is 17.6 Å². The molecule has 1 aromatic carbocycles. The molecule has 0 aliphatic rings. The van der Waals surface area contributed by atoms with Crippen LogP contribution >= 0.6 is 11.6 Å². The third kappa shape index (κ3) is 3.86. The molecule has 0 atom stereocenters. The zero-order valence-electron chi connectivity index (χ0n) is 9.67. The van der Waals surface area contributed by atoms with Crippen molar-refractivity contribution in [1.82, 2.24) is 0 Å². The SMILES string of the molecule is N#CC(N)=CC(N)=Nc1c(F)cc(C(F)(F)F)cc1Cl. The molecule has 0 spiro atoms. The van der Waals surface area contributed by atoms with Crippen LogP contribution in [-0.4, -0.2) is 5.84 Å². The number of hydrogen-bond donors (Lipinski definition) is 2. The number of benzene rings is 1. The van der Waals surface area contributed by atoms with Crippen LogP contribution in [0.3, 0.4) is 0 Å². The van der Waals surface area contributed by atoms with Gasteiger partial charge in [0.1, 0.15) is 23.3 Å². The second-order valence-corrected chi connectivity index (χ2v) is 3.94. The first-order valence-electron chi connectivity index (χ1n) is 4.93. The lowest BCUT2D eigenvalue weighted by Crippen LogP contribution is -2.11. The van der Waals surface area contributed by atoms with Gasteiger partial charge in [-0.1, -0.05) is 11.6 Å². The van der Waals surface area contributed by atoms with Crippen molar-refractivity contribution in [2.24, 2.45) is 16.5 Å².